The number of aliphatic hydroxyl groups is 1. The van der Waals surface area contributed by atoms with Crippen LogP contribution >= 0.6 is 0 Å². The van der Waals surface area contributed by atoms with E-state index in [1.165, 1.54) is 28.9 Å². The molecule has 0 aliphatic carbocycles. The van der Waals surface area contributed by atoms with Crippen molar-refractivity contribution >= 4 is 0 Å². The summed E-state index contributed by atoms with van der Waals surface area (Å²) in [5.41, 5.74) is 0.446. The summed E-state index contributed by atoms with van der Waals surface area (Å²) in [7, 11) is 0. The van der Waals surface area contributed by atoms with Crippen LogP contribution in [0, 0.1) is 0 Å². The Morgan fingerprint density at radius 3 is 2.29 bits per heavy atom. The van der Waals surface area contributed by atoms with Crippen LogP contribution in [0.1, 0.15) is 11.7 Å². The van der Waals surface area contributed by atoms with Crippen molar-refractivity contribution in [3.05, 3.63) is 48.3 Å². The van der Waals surface area contributed by atoms with Gasteiger partial charge in [-0.15, -0.1) is 0 Å². The molecule has 0 radical (unpaired) electrons. The molecular formula is C11H9F3N2O. The van der Waals surface area contributed by atoms with Crippen LogP contribution in [0.4, 0.5) is 13.2 Å². The normalized spacial score (nSPS) is 13.6. The summed E-state index contributed by atoms with van der Waals surface area (Å²) in [5.74, 6) is 0. The van der Waals surface area contributed by atoms with E-state index in [2.05, 4.69) is 5.10 Å². The highest BCUT2D eigenvalue weighted by molar-refractivity contribution is 5.34. The van der Waals surface area contributed by atoms with Crippen molar-refractivity contribution in [1.29, 1.82) is 0 Å². The minimum absolute atomic E-state index is 0.187. The zero-order valence-electron chi connectivity index (χ0n) is 8.59. The maximum atomic E-state index is 12.2. The van der Waals surface area contributed by atoms with Gasteiger partial charge in [0.05, 0.1) is 5.69 Å². The lowest BCUT2D eigenvalue weighted by molar-refractivity contribution is -0.206. The molecule has 0 aliphatic heterocycles. The average Bonchev–Trinajstić information content (AvgIpc) is 2.80. The minimum Gasteiger partial charge on any atom is -0.379 e. The van der Waals surface area contributed by atoms with Gasteiger partial charge in [-0.25, -0.2) is 4.68 Å². The summed E-state index contributed by atoms with van der Waals surface area (Å²) in [6.07, 6.45) is -3.85. The van der Waals surface area contributed by atoms with Crippen molar-refractivity contribution in [3.8, 4) is 5.69 Å². The molecule has 1 atom stereocenters. The maximum Gasteiger partial charge on any atom is 0.418 e. The number of aliphatic hydroxyl groups excluding tert-OH is 1. The summed E-state index contributed by atoms with van der Waals surface area (Å²) >= 11 is 0. The number of hydrogen-bond donors (Lipinski definition) is 1. The second-order valence-corrected chi connectivity index (χ2v) is 3.49. The van der Waals surface area contributed by atoms with E-state index in [0.717, 1.165) is 0 Å². The van der Waals surface area contributed by atoms with Gasteiger partial charge >= 0.3 is 6.18 Å². The Kier molecular flexibility index (Phi) is 2.89. The summed E-state index contributed by atoms with van der Waals surface area (Å²) in [6.45, 7) is 0. The Morgan fingerprint density at radius 1 is 1.18 bits per heavy atom. The Balaban J connectivity index is 2.25. The van der Waals surface area contributed by atoms with Crippen LogP contribution in [0.2, 0.25) is 0 Å². The predicted octanol–water partition coefficient (Wildman–Crippen LogP) is 2.47. The molecule has 0 unspecified atom stereocenters. The Hall–Kier alpha value is -1.82. The second kappa shape index (κ2) is 4.21. The predicted molar refractivity (Wildman–Crippen MR) is 54.6 cm³/mol. The van der Waals surface area contributed by atoms with Gasteiger partial charge in [0.1, 0.15) is 0 Å². The van der Waals surface area contributed by atoms with Crippen LogP contribution < -0.4 is 0 Å². The Labute approximate surface area is 95.1 Å². The zero-order chi connectivity index (χ0) is 12.5. The van der Waals surface area contributed by atoms with Crippen molar-refractivity contribution in [2.75, 3.05) is 0 Å². The number of halogens is 3. The summed E-state index contributed by atoms with van der Waals surface area (Å²) < 4.78 is 38.2. The van der Waals surface area contributed by atoms with E-state index in [1.54, 1.807) is 18.5 Å². The quantitative estimate of drug-likeness (QED) is 0.878. The van der Waals surface area contributed by atoms with Crippen LogP contribution in [-0.2, 0) is 0 Å². The molecule has 0 saturated heterocycles. The summed E-state index contributed by atoms with van der Waals surface area (Å²) in [6, 6.07) is 7.11. The number of hydrogen-bond acceptors (Lipinski definition) is 2. The number of aromatic nitrogens is 2. The van der Waals surface area contributed by atoms with Gasteiger partial charge in [0, 0.05) is 12.4 Å². The van der Waals surface area contributed by atoms with Crippen LogP contribution in [0.3, 0.4) is 0 Å². The van der Waals surface area contributed by atoms with Crippen molar-refractivity contribution in [2.24, 2.45) is 0 Å². The highest BCUT2D eigenvalue weighted by Crippen LogP contribution is 2.32. The smallest absolute Gasteiger partial charge is 0.379 e. The second-order valence-electron chi connectivity index (χ2n) is 3.49. The van der Waals surface area contributed by atoms with Gasteiger partial charge in [-0.05, 0) is 23.8 Å². The first-order chi connectivity index (χ1) is 7.98. The molecule has 0 spiro atoms. The molecule has 0 fully saturated rings. The number of rotatable bonds is 2. The van der Waals surface area contributed by atoms with E-state index in [1.807, 2.05) is 0 Å². The van der Waals surface area contributed by atoms with Crippen LogP contribution in [0.25, 0.3) is 5.69 Å². The van der Waals surface area contributed by atoms with Gasteiger partial charge in [0.25, 0.3) is 0 Å². The highest BCUT2D eigenvalue weighted by atomic mass is 19.4. The molecule has 1 heterocycles. The van der Waals surface area contributed by atoms with Crippen molar-refractivity contribution in [1.82, 2.24) is 9.78 Å². The molecule has 1 aromatic heterocycles. The number of benzene rings is 1. The van der Waals surface area contributed by atoms with Gasteiger partial charge in [0.15, 0.2) is 6.10 Å². The first kappa shape index (κ1) is 11.7. The summed E-state index contributed by atoms with van der Waals surface area (Å²) in [5, 5.41) is 13.0. The summed E-state index contributed by atoms with van der Waals surface area (Å²) in [4.78, 5) is 0. The minimum atomic E-state index is -4.65. The molecule has 0 aliphatic rings. The lowest BCUT2D eigenvalue weighted by atomic mass is 10.1. The molecule has 6 heteroatoms. The molecule has 1 N–H and O–H groups in total. The topological polar surface area (TPSA) is 38.0 Å². The Bertz CT molecular complexity index is 476. The van der Waals surface area contributed by atoms with Crippen molar-refractivity contribution in [3.63, 3.8) is 0 Å². The fourth-order valence-electron chi connectivity index (χ4n) is 1.42. The largest absolute Gasteiger partial charge is 0.418 e. The molecule has 17 heavy (non-hydrogen) atoms. The van der Waals surface area contributed by atoms with E-state index in [4.69, 9.17) is 5.11 Å². The van der Waals surface area contributed by atoms with Gasteiger partial charge in [-0.2, -0.15) is 18.3 Å². The molecule has 0 bridgehead atoms. The molecule has 0 amide bonds. The number of nitrogens with zero attached hydrogens (tertiary/aromatic N) is 2. The van der Waals surface area contributed by atoms with Crippen LogP contribution in [0.5, 0.6) is 0 Å². The van der Waals surface area contributed by atoms with E-state index in [9.17, 15) is 13.2 Å². The lowest BCUT2D eigenvalue weighted by Crippen LogP contribution is -2.20. The lowest BCUT2D eigenvalue weighted by Gasteiger charge is -2.14. The van der Waals surface area contributed by atoms with Crippen molar-refractivity contribution < 1.29 is 18.3 Å². The number of alkyl halides is 3. The molecule has 90 valence electrons. The average molecular weight is 242 g/mol. The van der Waals surface area contributed by atoms with E-state index in [-0.39, 0.29) is 5.56 Å². The van der Waals surface area contributed by atoms with Gasteiger partial charge in [-0.1, -0.05) is 12.1 Å². The monoisotopic (exact) mass is 242 g/mol. The van der Waals surface area contributed by atoms with E-state index >= 15 is 0 Å². The van der Waals surface area contributed by atoms with Crippen LogP contribution in [-0.4, -0.2) is 21.1 Å². The van der Waals surface area contributed by atoms with Crippen LogP contribution in [0.15, 0.2) is 42.7 Å². The molecule has 0 saturated carbocycles. The first-order valence-corrected chi connectivity index (χ1v) is 4.83. The zero-order valence-corrected chi connectivity index (χ0v) is 8.59. The van der Waals surface area contributed by atoms with Gasteiger partial charge < -0.3 is 5.11 Å². The third-order valence-electron chi connectivity index (χ3n) is 2.29. The maximum absolute atomic E-state index is 12.2. The SMILES string of the molecule is O[C@H](c1ccc(-n2cccn2)cc1)C(F)(F)F. The standard InChI is InChI=1S/C11H9F3N2O/c12-11(13,14)10(17)8-2-4-9(5-3-8)16-7-1-6-15-16/h1-7,10,17H/t10-/m1/s1. The fraction of sp³-hybridized carbons (Fsp3) is 0.182. The fourth-order valence-corrected chi connectivity index (χ4v) is 1.42. The highest BCUT2D eigenvalue weighted by Gasteiger charge is 2.39. The van der Waals surface area contributed by atoms with Crippen molar-refractivity contribution in [2.45, 2.75) is 12.3 Å². The van der Waals surface area contributed by atoms with Gasteiger partial charge in [-0.3, -0.25) is 0 Å². The van der Waals surface area contributed by atoms with Gasteiger partial charge in [0.2, 0.25) is 0 Å². The third kappa shape index (κ3) is 2.47. The molecule has 2 rings (SSSR count). The molecular weight excluding hydrogens is 233 g/mol. The molecule has 3 nitrogen and oxygen atoms in total. The molecule has 1 aromatic carbocycles. The molecule has 2 aromatic rings. The third-order valence-corrected chi connectivity index (χ3v) is 2.29. The Morgan fingerprint density at radius 2 is 1.82 bits per heavy atom. The first-order valence-electron chi connectivity index (χ1n) is 4.83. The van der Waals surface area contributed by atoms with E-state index < -0.39 is 12.3 Å². The van der Waals surface area contributed by atoms with E-state index in [0.29, 0.717) is 5.69 Å².